The number of ether oxygens (including phenoxy) is 1. The van der Waals surface area contributed by atoms with Crippen molar-refractivity contribution in [2.75, 3.05) is 0 Å². The number of rotatable bonds is 10. The number of hydrogen-bond donors (Lipinski definition) is 1. The topological polar surface area (TPSA) is 63.6 Å². The number of hydrogen-bond acceptors (Lipinski definition) is 3. The molecule has 1 unspecified atom stereocenters. The fraction of sp³-hybridized carbons (Fsp3) is 0.857. The molecule has 0 fully saturated rings. The third-order valence-corrected chi connectivity index (χ3v) is 2.79. The van der Waals surface area contributed by atoms with Gasteiger partial charge in [-0.2, -0.15) is 0 Å². The Labute approximate surface area is 110 Å². The van der Waals surface area contributed by atoms with Gasteiger partial charge >= 0.3 is 11.9 Å². The standard InChI is InChI=1S/C14H26O4/c1-4-5-6-7-8-12(14(16)17)18-13(15)10-9-11(2)3/h11-12H,4-10H2,1-3H3,(H,16,17). The lowest BCUT2D eigenvalue weighted by molar-refractivity contribution is -0.164. The van der Waals surface area contributed by atoms with Crippen LogP contribution in [-0.2, 0) is 14.3 Å². The number of carbonyl (C=O) groups excluding carboxylic acids is 1. The third kappa shape index (κ3) is 9.02. The first-order valence-corrected chi connectivity index (χ1v) is 6.89. The van der Waals surface area contributed by atoms with Crippen molar-refractivity contribution in [2.24, 2.45) is 5.92 Å². The van der Waals surface area contributed by atoms with Crippen molar-refractivity contribution >= 4 is 11.9 Å². The molecular weight excluding hydrogens is 232 g/mol. The van der Waals surface area contributed by atoms with Crippen LogP contribution in [0.25, 0.3) is 0 Å². The minimum atomic E-state index is -1.04. The highest BCUT2D eigenvalue weighted by molar-refractivity contribution is 5.77. The maximum absolute atomic E-state index is 11.5. The summed E-state index contributed by atoms with van der Waals surface area (Å²) in [6, 6.07) is 0. The molecule has 0 aromatic carbocycles. The van der Waals surface area contributed by atoms with Crippen molar-refractivity contribution in [1.82, 2.24) is 0 Å². The zero-order chi connectivity index (χ0) is 14.0. The normalized spacial score (nSPS) is 12.4. The summed E-state index contributed by atoms with van der Waals surface area (Å²) in [5, 5.41) is 8.98. The predicted molar refractivity (Wildman–Crippen MR) is 70.3 cm³/mol. The van der Waals surface area contributed by atoms with E-state index in [1.54, 1.807) is 0 Å². The smallest absolute Gasteiger partial charge is 0.345 e. The van der Waals surface area contributed by atoms with Gasteiger partial charge in [0.15, 0.2) is 6.10 Å². The van der Waals surface area contributed by atoms with Crippen molar-refractivity contribution in [2.45, 2.75) is 71.8 Å². The molecule has 0 radical (unpaired) electrons. The van der Waals surface area contributed by atoms with Gasteiger partial charge in [0.1, 0.15) is 0 Å². The molecule has 0 aliphatic heterocycles. The van der Waals surface area contributed by atoms with E-state index in [4.69, 9.17) is 9.84 Å². The van der Waals surface area contributed by atoms with Gasteiger partial charge in [-0.05, 0) is 25.2 Å². The van der Waals surface area contributed by atoms with E-state index in [9.17, 15) is 9.59 Å². The Kier molecular flexibility index (Phi) is 9.33. The van der Waals surface area contributed by atoms with Crippen molar-refractivity contribution < 1.29 is 19.4 Å². The molecule has 0 amide bonds. The Morgan fingerprint density at radius 3 is 2.28 bits per heavy atom. The van der Waals surface area contributed by atoms with Gasteiger partial charge in [-0.15, -0.1) is 0 Å². The molecule has 0 saturated heterocycles. The Bertz CT molecular complexity index is 248. The van der Waals surface area contributed by atoms with Crippen LogP contribution in [0.2, 0.25) is 0 Å². The second kappa shape index (κ2) is 9.92. The summed E-state index contributed by atoms with van der Waals surface area (Å²) in [7, 11) is 0. The molecule has 0 heterocycles. The van der Waals surface area contributed by atoms with E-state index in [2.05, 4.69) is 6.92 Å². The molecule has 0 spiro atoms. The van der Waals surface area contributed by atoms with E-state index >= 15 is 0 Å². The van der Waals surface area contributed by atoms with E-state index in [1.807, 2.05) is 13.8 Å². The zero-order valence-electron chi connectivity index (χ0n) is 11.8. The number of esters is 1. The number of aliphatic carboxylic acids is 1. The van der Waals surface area contributed by atoms with Crippen LogP contribution in [0.1, 0.15) is 65.7 Å². The summed E-state index contributed by atoms with van der Waals surface area (Å²) in [6.45, 7) is 6.14. The van der Waals surface area contributed by atoms with Crippen molar-refractivity contribution in [3.63, 3.8) is 0 Å². The molecular formula is C14H26O4. The average Bonchev–Trinajstić information content (AvgIpc) is 2.30. The zero-order valence-corrected chi connectivity index (χ0v) is 11.8. The first kappa shape index (κ1) is 16.9. The number of unbranched alkanes of at least 4 members (excludes halogenated alkanes) is 3. The Hall–Kier alpha value is -1.06. The van der Waals surface area contributed by atoms with Crippen molar-refractivity contribution in [3.8, 4) is 0 Å². The van der Waals surface area contributed by atoms with Crippen LogP contribution in [0, 0.1) is 5.92 Å². The van der Waals surface area contributed by atoms with Gasteiger partial charge in [0.2, 0.25) is 0 Å². The first-order chi connectivity index (χ1) is 8.47. The van der Waals surface area contributed by atoms with Gasteiger partial charge in [-0.25, -0.2) is 4.79 Å². The van der Waals surface area contributed by atoms with Gasteiger partial charge in [0, 0.05) is 6.42 Å². The predicted octanol–water partition coefficient (Wildman–Crippen LogP) is 3.39. The molecule has 0 aliphatic rings. The SMILES string of the molecule is CCCCCCC(OC(=O)CCC(C)C)C(=O)O. The molecule has 0 aliphatic carbocycles. The van der Waals surface area contributed by atoms with Crippen molar-refractivity contribution in [3.05, 3.63) is 0 Å². The maximum Gasteiger partial charge on any atom is 0.345 e. The lowest BCUT2D eigenvalue weighted by Gasteiger charge is -2.14. The quantitative estimate of drug-likeness (QED) is 0.482. The highest BCUT2D eigenvalue weighted by atomic mass is 16.6. The number of carbonyl (C=O) groups is 2. The summed E-state index contributed by atoms with van der Waals surface area (Å²) >= 11 is 0. The average molecular weight is 258 g/mol. The lowest BCUT2D eigenvalue weighted by atomic mass is 10.1. The van der Waals surface area contributed by atoms with Crippen LogP contribution in [0.15, 0.2) is 0 Å². The van der Waals surface area contributed by atoms with E-state index in [0.717, 1.165) is 32.1 Å². The van der Waals surface area contributed by atoms with Gasteiger partial charge < -0.3 is 9.84 Å². The number of carboxylic acid groups (broad SMARTS) is 1. The summed E-state index contributed by atoms with van der Waals surface area (Å²) < 4.78 is 5.00. The second-order valence-electron chi connectivity index (χ2n) is 5.10. The Morgan fingerprint density at radius 2 is 1.78 bits per heavy atom. The van der Waals surface area contributed by atoms with Gasteiger partial charge in [-0.1, -0.05) is 40.0 Å². The Morgan fingerprint density at radius 1 is 1.11 bits per heavy atom. The van der Waals surface area contributed by atoms with Gasteiger partial charge in [0.05, 0.1) is 0 Å². The largest absolute Gasteiger partial charge is 0.479 e. The van der Waals surface area contributed by atoms with E-state index < -0.39 is 18.0 Å². The van der Waals surface area contributed by atoms with E-state index in [-0.39, 0.29) is 0 Å². The first-order valence-electron chi connectivity index (χ1n) is 6.89. The maximum atomic E-state index is 11.5. The van der Waals surface area contributed by atoms with Crippen LogP contribution >= 0.6 is 0 Å². The second-order valence-corrected chi connectivity index (χ2v) is 5.10. The van der Waals surface area contributed by atoms with Crippen LogP contribution in [0.3, 0.4) is 0 Å². The molecule has 18 heavy (non-hydrogen) atoms. The molecule has 0 aromatic rings. The number of carboxylic acids is 1. The molecule has 106 valence electrons. The fourth-order valence-corrected chi connectivity index (χ4v) is 1.61. The minimum absolute atomic E-state index is 0.302. The Balaban J connectivity index is 3.95. The lowest BCUT2D eigenvalue weighted by Crippen LogP contribution is -2.27. The molecule has 4 heteroatoms. The molecule has 0 saturated carbocycles. The van der Waals surface area contributed by atoms with E-state index in [1.165, 1.54) is 0 Å². The highest BCUT2D eigenvalue weighted by Gasteiger charge is 2.21. The minimum Gasteiger partial charge on any atom is -0.479 e. The van der Waals surface area contributed by atoms with Crippen LogP contribution in [-0.4, -0.2) is 23.1 Å². The molecule has 1 atom stereocenters. The molecule has 0 bridgehead atoms. The van der Waals surface area contributed by atoms with Crippen LogP contribution in [0.5, 0.6) is 0 Å². The van der Waals surface area contributed by atoms with Gasteiger partial charge in [-0.3, -0.25) is 4.79 Å². The van der Waals surface area contributed by atoms with Gasteiger partial charge in [0.25, 0.3) is 0 Å². The third-order valence-electron chi connectivity index (χ3n) is 2.79. The monoisotopic (exact) mass is 258 g/mol. The van der Waals surface area contributed by atoms with Crippen LogP contribution in [0.4, 0.5) is 0 Å². The summed E-state index contributed by atoms with van der Waals surface area (Å²) in [4.78, 5) is 22.4. The van der Waals surface area contributed by atoms with Crippen molar-refractivity contribution in [1.29, 1.82) is 0 Å². The van der Waals surface area contributed by atoms with E-state index in [0.29, 0.717) is 18.8 Å². The summed E-state index contributed by atoms with van der Waals surface area (Å²) in [5.74, 6) is -1.01. The highest BCUT2D eigenvalue weighted by Crippen LogP contribution is 2.11. The fourth-order valence-electron chi connectivity index (χ4n) is 1.61. The summed E-state index contributed by atoms with van der Waals surface area (Å²) in [6.07, 6.45) is 4.47. The molecule has 1 N–H and O–H groups in total. The molecule has 0 aromatic heterocycles. The van der Waals surface area contributed by atoms with Crippen LogP contribution < -0.4 is 0 Å². The molecule has 0 rings (SSSR count). The summed E-state index contributed by atoms with van der Waals surface area (Å²) in [5.41, 5.74) is 0. The molecule has 4 nitrogen and oxygen atoms in total.